The lowest BCUT2D eigenvalue weighted by Gasteiger charge is -2.43. The van der Waals surface area contributed by atoms with Gasteiger partial charge in [0.15, 0.2) is 5.11 Å². The van der Waals surface area contributed by atoms with Crippen molar-refractivity contribution >= 4 is 35.1 Å². The van der Waals surface area contributed by atoms with Crippen molar-refractivity contribution in [1.29, 1.82) is 0 Å². The number of thioether (sulfide) groups is 1. The van der Waals surface area contributed by atoms with Gasteiger partial charge in [0.1, 0.15) is 0 Å². The predicted octanol–water partition coefficient (Wildman–Crippen LogP) is 3.22. The second kappa shape index (κ2) is 8.62. The summed E-state index contributed by atoms with van der Waals surface area (Å²) in [6.45, 7) is 2.38. The Kier molecular flexibility index (Phi) is 5.86. The fourth-order valence-electron chi connectivity index (χ4n) is 5.82. The van der Waals surface area contributed by atoms with Crippen molar-refractivity contribution in [2.45, 2.75) is 56.2 Å². The molecule has 0 spiro atoms. The Hall–Kier alpha value is -1.80. The summed E-state index contributed by atoms with van der Waals surface area (Å²) >= 11 is 7.60. The van der Waals surface area contributed by atoms with Crippen molar-refractivity contribution in [2.75, 3.05) is 20.2 Å². The zero-order chi connectivity index (χ0) is 21.5. The molecule has 6 nitrogen and oxygen atoms in total. The molecule has 3 aliphatic heterocycles. The molecule has 4 unspecified atom stereocenters. The standard InChI is InChI=1S/C23H29N3O3S2/c1-29-22(28)20-16-6-3-2-4-8-18(16)31-21(20)24-23(30)25-11-14-10-15(13-25)17-7-5-9-19(27)26(17)12-14/h5,7,9,14-16,18H,2-4,6,8,10-13H2,1H3,(H,24,30). The SMILES string of the molecule is COC(=O)C1=C(NC(=S)N2CC3CC(C2)c2cccc(=O)n2C3)SC2CCCCCC12. The van der Waals surface area contributed by atoms with Crippen LogP contribution in [0.2, 0.25) is 0 Å². The Labute approximate surface area is 192 Å². The van der Waals surface area contributed by atoms with Gasteiger partial charge in [0.2, 0.25) is 0 Å². The molecule has 0 aromatic carbocycles. The number of nitrogens with zero attached hydrogens (tertiary/aromatic N) is 2. The Morgan fingerprint density at radius 1 is 1.19 bits per heavy atom. The highest BCUT2D eigenvalue weighted by Crippen LogP contribution is 2.47. The number of carbonyl (C=O) groups excluding carboxylic acids is 1. The second-order valence-electron chi connectivity index (χ2n) is 9.17. The minimum atomic E-state index is -0.226. The van der Waals surface area contributed by atoms with Crippen LogP contribution in [0.15, 0.2) is 33.6 Å². The zero-order valence-corrected chi connectivity index (χ0v) is 19.5. The van der Waals surface area contributed by atoms with Crippen LogP contribution in [0.1, 0.15) is 50.1 Å². The number of hydrogen-bond donors (Lipinski definition) is 1. The van der Waals surface area contributed by atoms with Crippen LogP contribution < -0.4 is 10.9 Å². The molecule has 1 N–H and O–H groups in total. The highest BCUT2D eigenvalue weighted by atomic mass is 32.2. The van der Waals surface area contributed by atoms with E-state index in [1.165, 1.54) is 20.0 Å². The van der Waals surface area contributed by atoms with Gasteiger partial charge >= 0.3 is 5.97 Å². The maximum atomic E-state index is 12.7. The smallest absolute Gasteiger partial charge is 0.336 e. The normalized spacial score (nSPS) is 29.6. The lowest BCUT2D eigenvalue weighted by Crippen LogP contribution is -2.51. The molecule has 2 fully saturated rings. The van der Waals surface area contributed by atoms with E-state index in [4.69, 9.17) is 17.0 Å². The van der Waals surface area contributed by atoms with E-state index < -0.39 is 0 Å². The molecule has 4 heterocycles. The van der Waals surface area contributed by atoms with E-state index in [9.17, 15) is 9.59 Å². The molecule has 0 amide bonds. The number of rotatable bonds is 2. The van der Waals surface area contributed by atoms with Gasteiger partial charge in [-0.05, 0) is 43.5 Å². The summed E-state index contributed by atoms with van der Waals surface area (Å²) in [5.41, 5.74) is 1.99. The van der Waals surface area contributed by atoms with Crippen molar-refractivity contribution in [1.82, 2.24) is 14.8 Å². The van der Waals surface area contributed by atoms with Gasteiger partial charge in [0.05, 0.1) is 17.7 Å². The van der Waals surface area contributed by atoms with Crippen LogP contribution in [0.5, 0.6) is 0 Å². The number of thiocarbonyl (C=S) groups is 1. The fourth-order valence-corrected chi connectivity index (χ4v) is 7.67. The molecule has 1 saturated carbocycles. The Morgan fingerprint density at radius 2 is 2.03 bits per heavy atom. The summed E-state index contributed by atoms with van der Waals surface area (Å²) in [5, 5.41) is 5.45. The maximum Gasteiger partial charge on any atom is 0.336 e. The molecule has 31 heavy (non-hydrogen) atoms. The first kappa shape index (κ1) is 21.1. The average molecular weight is 460 g/mol. The monoisotopic (exact) mass is 459 g/mol. The van der Waals surface area contributed by atoms with Gasteiger partial charge in [0.25, 0.3) is 5.56 Å². The number of esters is 1. The van der Waals surface area contributed by atoms with Crippen LogP contribution in [0, 0.1) is 11.8 Å². The van der Waals surface area contributed by atoms with E-state index in [-0.39, 0.29) is 17.4 Å². The van der Waals surface area contributed by atoms with Crippen molar-refractivity contribution < 1.29 is 9.53 Å². The quantitative estimate of drug-likeness (QED) is 0.538. The van der Waals surface area contributed by atoms with Gasteiger partial charge in [-0.15, -0.1) is 11.8 Å². The molecular formula is C23H29N3O3S2. The fraction of sp³-hybridized carbons (Fsp3) is 0.609. The first-order valence-corrected chi connectivity index (χ1v) is 12.6. The number of aromatic nitrogens is 1. The molecule has 8 heteroatoms. The first-order chi connectivity index (χ1) is 15.0. The van der Waals surface area contributed by atoms with Gasteiger partial charge < -0.3 is 19.5 Å². The van der Waals surface area contributed by atoms with Gasteiger partial charge in [0, 0.05) is 48.5 Å². The van der Waals surface area contributed by atoms with Crippen LogP contribution in [-0.4, -0.2) is 46.0 Å². The largest absolute Gasteiger partial charge is 0.466 e. The minimum Gasteiger partial charge on any atom is -0.466 e. The van der Waals surface area contributed by atoms with Crippen molar-refractivity contribution in [2.24, 2.45) is 11.8 Å². The molecular weight excluding hydrogens is 430 g/mol. The summed E-state index contributed by atoms with van der Waals surface area (Å²) in [6, 6.07) is 5.58. The second-order valence-corrected chi connectivity index (χ2v) is 10.8. The number of nitrogens with one attached hydrogen (secondary N) is 1. The van der Waals surface area contributed by atoms with E-state index in [2.05, 4.69) is 16.3 Å². The van der Waals surface area contributed by atoms with Crippen LogP contribution in [-0.2, 0) is 16.1 Å². The summed E-state index contributed by atoms with van der Waals surface area (Å²) in [4.78, 5) is 27.2. The van der Waals surface area contributed by atoms with Crippen LogP contribution >= 0.6 is 24.0 Å². The number of piperidine rings is 1. The lowest BCUT2D eigenvalue weighted by atomic mass is 9.83. The van der Waals surface area contributed by atoms with Crippen molar-refractivity contribution in [3.63, 3.8) is 0 Å². The summed E-state index contributed by atoms with van der Waals surface area (Å²) < 4.78 is 7.09. The van der Waals surface area contributed by atoms with E-state index >= 15 is 0 Å². The Bertz CT molecular complexity index is 989. The van der Waals surface area contributed by atoms with Crippen LogP contribution in [0.25, 0.3) is 0 Å². The number of carbonyl (C=O) groups is 1. The number of pyridine rings is 1. The van der Waals surface area contributed by atoms with Gasteiger partial charge in [-0.1, -0.05) is 25.3 Å². The van der Waals surface area contributed by atoms with Crippen LogP contribution in [0.4, 0.5) is 0 Å². The van der Waals surface area contributed by atoms with Crippen molar-refractivity contribution in [3.8, 4) is 0 Å². The van der Waals surface area contributed by atoms with Gasteiger partial charge in [-0.2, -0.15) is 0 Å². The number of hydrogen-bond acceptors (Lipinski definition) is 5. The maximum absolute atomic E-state index is 12.7. The van der Waals surface area contributed by atoms with Crippen LogP contribution in [0.3, 0.4) is 0 Å². The average Bonchev–Trinajstić information content (AvgIpc) is 2.94. The van der Waals surface area contributed by atoms with E-state index in [0.717, 1.165) is 61.6 Å². The topological polar surface area (TPSA) is 63.6 Å². The molecule has 1 aliphatic carbocycles. The molecule has 1 aromatic heterocycles. The summed E-state index contributed by atoms with van der Waals surface area (Å²) in [6.07, 6.45) is 6.89. The van der Waals surface area contributed by atoms with E-state index in [1.807, 2.05) is 10.6 Å². The summed E-state index contributed by atoms with van der Waals surface area (Å²) in [5.74, 6) is 0.737. The van der Waals surface area contributed by atoms with Gasteiger partial charge in [-0.25, -0.2) is 4.79 Å². The highest BCUT2D eigenvalue weighted by molar-refractivity contribution is 8.04. The molecule has 4 aliphatic rings. The number of fused-ring (bicyclic) bond motifs is 5. The molecule has 1 aromatic rings. The predicted molar refractivity (Wildman–Crippen MR) is 126 cm³/mol. The molecule has 2 bridgehead atoms. The molecule has 0 radical (unpaired) electrons. The van der Waals surface area contributed by atoms with E-state index in [0.29, 0.717) is 22.2 Å². The number of methoxy groups -OCH3 is 1. The number of ether oxygens (including phenoxy) is 1. The third-order valence-corrected chi connectivity index (χ3v) is 9.01. The molecule has 4 atom stereocenters. The third kappa shape index (κ3) is 3.93. The minimum absolute atomic E-state index is 0.0927. The number of likely N-dealkylation sites (tertiary alicyclic amines) is 1. The zero-order valence-electron chi connectivity index (χ0n) is 17.8. The third-order valence-electron chi connectivity index (χ3n) is 7.23. The van der Waals surface area contributed by atoms with Gasteiger partial charge in [-0.3, -0.25) is 4.79 Å². The Balaban J connectivity index is 1.35. The molecule has 1 saturated heterocycles. The van der Waals surface area contributed by atoms with Crippen molar-refractivity contribution in [3.05, 3.63) is 44.8 Å². The lowest BCUT2D eigenvalue weighted by molar-refractivity contribution is -0.136. The molecule has 166 valence electrons. The van der Waals surface area contributed by atoms with E-state index in [1.54, 1.807) is 17.8 Å². The first-order valence-electron chi connectivity index (χ1n) is 11.3. The highest BCUT2D eigenvalue weighted by Gasteiger charge is 2.41. The summed E-state index contributed by atoms with van der Waals surface area (Å²) in [7, 11) is 1.46. The Morgan fingerprint density at radius 3 is 2.87 bits per heavy atom. The molecule has 5 rings (SSSR count).